The quantitative estimate of drug-likeness (QED) is 0.563. The zero-order chi connectivity index (χ0) is 18.5. The highest BCUT2D eigenvalue weighted by Crippen LogP contribution is 2.36. The molecule has 2 N–H and O–H groups in total. The molecule has 0 atom stereocenters. The van der Waals surface area contributed by atoms with Crippen LogP contribution in [-0.2, 0) is 6.42 Å². The summed E-state index contributed by atoms with van der Waals surface area (Å²) in [4.78, 5) is 18.2. The van der Waals surface area contributed by atoms with Crippen molar-refractivity contribution in [2.24, 2.45) is 0 Å². The van der Waals surface area contributed by atoms with Crippen LogP contribution < -0.4 is 9.64 Å². The molecule has 0 unspecified atom stereocenters. The number of phenolic OH excluding ortho intramolecular Hbond substituents is 1. The number of hydrogen-bond acceptors (Lipinski definition) is 3. The van der Waals surface area contributed by atoms with E-state index < -0.39 is 0 Å². The molecule has 0 fully saturated rings. The van der Waals surface area contributed by atoms with E-state index in [2.05, 4.69) is 4.98 Å². The van der Waals surface area contributed by atoms with Crippen LogP contribution in [0.3, 0.4) is 0 Å². The van der Waals surface area contributed by atoms with Gasteiger partial charge in [-0.1, -0.05) is 12.1 Å². The molecule has 0 aliphatic carbocycles. The Hall–Kier alpha value is -3.47. The highest BCUT2D eigenvalue weighted by atomic mass is 16.5. The standard InChI is InChI=1S/C22H18N2O3/c1-27-16-5-6-19-14(10-16)11-20(23-19)22(26)24-9-8-17-18-12-15(25)4-2-13(18)3-7-21(17)24/h2-7,10-12,23,25H,8-9H2,1H3. The first-order valence-electron chi connectivity index (χ1n) is 8.87. The van der Waals surface area contributed by atoms with E-state index in [-0.39, 0.29) is 11.7 Å². The molecule has 1 aliphatic rings. The van der Waals surface area contributed by atoms with Crippen molar-refractivity contribution < 1.29 is 14.6 Å². The van der Waals surface area contributed by atoms with Gasteiger partial charge in [0.05, 0.1) is 7.11 Å². The fourth-order valence-electron chi connectivity index (χ4n) is 3.93. The number of H-pyrrole nitrogens is 1. The van der Waals surface area contributed by atoms with E-state index in [0.29, 0.717) is 12.2 Å². The number of benzene rings is 3. The van der Waals surface area contributed by atoms with Gasteiger partial charge in [0.25, 0.3) is 5.91 Å². The van der Waals surface area contributed by atoms with Gasteiger partial charge < -0.3 is 19.7 Å². The largest absolute Gasteiger partial charge is 0.508 e. The molecule has 0 bridgehead atoms. The Morgan fingerprint density at radius 2 is 1.93 bits per heavy atom. The Kier molecular flexibility index (Phi) is 3.37. The molecule has 3 aromatic carbocycles. The lowest BCUT2D eigenvalue weighted by molar-refractivity contribution is 0.0985. The van der Waals surface area contributed by atoms with Crippen molar-refractivity contribution in [2.75, 3.05) is 18.6 Å². The van der Waals surface area contributed by atoms with Gasteiger partial charge in [-0.25, -0.2) is 0 Å². The maximum atomic E-state index is 13.2. The van der Waals surface area contributed by atoms with Crippen molar-refractivity contribution in [1.29, 1.82) is 0 Å². The van der Waals surface area contributed by atoms with Crippen molar-refractivity contribution in [1.82, 2.24) is 4.98 Å². The summed E-state index contributed by atoms with van der Waals surface area (Å²) < 4.78 is 5.26. The van der Waals surface area contributed by atoms with Crippen LogP contribution >= 0.6 is 0 Å². The number of aromatic hydroxyl groups is 1. The number of fused-ring (bicyclic) bond motifs is 4. The third kappa shape index (κ3) is 2.43. The van der Waals surface area contributed by atoms with Crippen molar-refractivity contribution in [3.05, 3.63) is 65.9 Å². The maximum absolute atomic E-state index is 13.2. The van der Waals surface area contributed by atoms with Gasteiger partial charge in [-0.15, -0.1) is 0 Å². The van der Waals surface area contributed by atoms with Gasteiger partial charge in [-0.3, -0.25) is 4.79 Å². The molecule has 0 spiro atoms. The average Bonchev–Trinajstić information content (AvgIpc) is 3.31. The molecule has 134 valence electrons. The summed E-state index contributed by atoms with van der Waals surface area (Å²) in [6, 6.07) is 16.9. The first-order chi connectivity index (χ1) is 13.1. The number of aromatic nitrogens is 1. The van der Waals surface area contributed by atoms with Crippen molar-refractivity contribution in [3.63, 3.8) is 0 Å². The first-order valence-corrected chi connectivity index (χ1v) is 8.87. The van der Waals surface area contributed by atoms with E-state index >= 15 is 0 Å². The number of carbonyl (C=O) groups is 1. The van der Waals surface area contributed by atoms with Gasteiger partial charge in [0, 0.05) is 23.1 Å². The van der Waals surface area contributed by atoms with Gasteiger partial charge in [0.2, 0.25) is 0 Å². The molecule has 1 aliphatic heterocycles. The zero-order valence-electron chi connectivity index (χ0n) is 14.8. The van der Waals surface area contributed by atoms with Crippen molar-refractivity contribution in [2.45, 2.75) is 6.42 Å². The fourth-order valence-corrected chi connectivity index (χ4v) is 3.93. The molecular weight excluding hydrogens is 340 g/mol. The van der Waals surface area contributed by atoms with E-state index in [0.717, 1.165) is 45.1 Å². The number of nitrogens with one attached hydrogen (secondary N) is 1. The lowest BCUT2D eigenvalue weighted by Gasteiger charge is -2.17. The van der Waals surface area contributed by atoms with Crippen molar-refractivity contribution >= 4 is 33.3 Å². The number of phenols is 1. The number of methoxy groups -OCH3 is 1. The second kappa shape index (κ2) is 5.77. The van der Waals surface area contributed by atoms with Crippen LogP contribution in [0.5, 0.6) is 11.5 Å². The third-order valence-electron chi connectivity index (χ3n) is 5.27. The number of amides is 1. The van der Waals surface area contributed by atoms with Gasteiger partial charge in [0.1, 0.15) is 17.2 Å². The van der Waals surface area contributed by atoms with E-state index in [9.17, 15) is 9.90 Å². The second-order valence-electron chi connectivity index (χ2n) is 6.81. The van der Waals surface area contributed by atoms with Crippen molar-refractivity contribution in [3.8, 4) is 11.5 Å². The number of aromatic amines is 1. The Labute approximate surface area is 155 Å². The molecule has 0 saturated heterocycles. The summed E-state index contributed by atoms with van der Waals surface area (Å²) >= 11 is 0. The highest BCUT2D eigenvalue weighted by molar-refractivity contribution is 6.10. The SMILES string of the molecule is COc1ccc2[nH]c(C(=O)N3CCc4c3ccc3ccc(O)cc43)cc2c1. The van der Waals surface area contributed by atoms with Crippen LogP contribution in [0.15, 0.2) is 54.6 Å². The second-order valence-corrected chi connectivity index (χ2v) is 6.81. The number of hydrogen-bond donors (Lipinski definition) is 2. The number of carbonyl (C=O) groups excluding carboxylic acids is 1. The van der Waals surface area contributed by atoms with Gasteiger partial charge in [-0.05, 0) is 65.2 Å². The summed E-state index contributed by atoms with van der Waals surface area (Å²) in [5, 5.41) is 12.9. The van der Waals surface area contributed by atoms with E-state index in [1.54, 1.807) is 24.1 Å². The zero-order valence-corrected chi connectivity index (χ0v) is 14.8. The van der Waals surface area contributed by atoms with E-state index in [1.807, 2.05) is 42.5 Å². The highest BCUT2D eigenvalue weighted by Gasteiger charge is 2.28. The molecular formula is C22H18N2O3. The Morgan fingerprint density at radius 1 is 1.07 bits per heavy atom. The fraction of sp³-hybridized carbons (Fsp3) is 0.136. The Morgan fingerprint density at radius 3 is 2.78 bits per heavy atom. The molecule has 2 heterocycles. The van der Waals surface area contributed by atoms with Crippen LogP contribution in [0, 0.1) is 0 Å². The average molecular weight is 358 g/mol. The number of nitrogens with zero attached hydrogens (tertiary/aromatic N) is 1. The molecule has 0 saturated carbocycles. The normalized spacial score (nSPS) is 13.3. The minimum absolute atomic E-state index is 0.0524. The lowest BCUT2D eigenvalue weighted by atomic mass is 10.0. The molecule has 0 radical (unpaired) electrons. The van der Waals surface area contributed by atoms with E-state index in [1.165, 1.54) is 0 Å². The minimum atomic E-state index is -0.0524. The number of ether oxygens (including phenoxy) is 1. The molecule has 1 aromatic heterocycles. The molecule has 27 heavy (non-hydrogen) atoms. The van der Waals surface area contributed by atoms with Crippen LogP contribution in [0.25, 0.3) is 21.7 Å². The molecule has 5 rings (SSSR count). The maximum Gasteiger partial charge on any atom is 0.274 e. The van der Waals surface area contributed by atoms with Crippen LogP contribution in [-0.4, -0.2) is 29.7 Å². The van der Waals surface area contributed by atoms with Crippen LogP contribution in [0.1, 0.15) is 16.1 Å². The van der Waals surface area contributed by atoms with E-state index in [4.69, 9.17) is 4.74 Å². The topological polar surface area (TPSA) is 65.6 Å². The van der Waals surface area contributed by atoms with Gasteiger partial charge in [0.15, 0.2) is 0 Å². The summed E-state index contributed by atoms with van der Waals surface area (Å²) in [5.74, 6) is 0.951. The van der Waals surface area contributed by atoms with Gasteiger partial charge in [-0.2, -0.15) is 0 Å². The number of rotatable bonds is 2. The monoisotopic (exact) mass is 358 g/mol. The summed E-state index contributed by atoms with van der Waals surface area (Å²) in [5.41, 5.74) is 3.48. The van der Waals surface area contributed by atoms with Crippen LogP contribution in [0.4, 0.5) is 5.69 Å². The third-order valence-corrected chi connectivity index (χ3v) is 5.27. The molecule has 4 aromatic rings. The molecule has 5 nitrogen and oxygen atoms in total. The summed E-state index contributed by atoms with van der Waals surface area (Å²) in [6.07, 6.45) is 0.774. The molecule has 1 amide bonds. The Bertz CT molecular complexity index is 1210. The van der Waals surface area contributed by atoms with Crippen LogP contribution in [0.2, 0.25) is 0 Å². The van der Waals surface area contributed by atoms with Gasteiger partial charge >= 0.3 is 0 Å². The smallest absolute Gasteiger partial charge is 0.274 e. The Balaban J connectivity index is 1.56. The predicted octanol–water partition coefficient (Wildman–Crippen LogP) is 4.24. The first kappa shape index (κ1) is 15.8. The molecule has 5 heteroatoms. The summed E-state index contributed by atoms with van der Waals surface area (Å²) in [6.45, 7) is 0.627. The predicted molar refractivity (Wildman–Crippen MR) is 106 cm³/mol. The minimum Gasteiger partial charge on any atom is -0.508 e. The lowest BCUT2D eigenvalue weighted by Crippen LogP contribution is -2.29. The summed E-state index contributed by atoms with van der Waals surface area (Å²) in [7, 11) is 1.63. The number of anilines is 1.